The number of fused-ring (bicyclic) bond motifs is 1. The molecule has 1 aromatic carbocycles. The zero-order chi connectivity index (χ0) is 22.5. The quantitative estimate of drug-likeness (QED) is 0.363. The Labute approximate surface area is 191 Å². The van der Waals surface area contributed by atoms with Crippen LogP contribution in [0.1, 0.15) is 91.3 Å². The van der Waals surface area contributed by atoms with Gasteiger partial charge in [-0.3, -0.25) is 0 Å². The fraction of sp³-hybridized carbons (Fsp3) is 0.517. The molecule has 30 heavy (non-hydrogen) atoms. The van der Waals surface area contributed by atoms with Crippen molar-refractivity contribution >= 4 is 18.7 Å². The third kappa shape index (κ3) is 5.41. The third-order valence-corrected chi connectivity index (χ3v) is 6.46. The summed E-state index contributed by atoms with van der Waals surface area (Å²) in [6.07, 6.45) is 16.0. The summed E-state index contributed by atoms with van der Waals surface area (Å²) in [5.74, 6) is 1.46. The van der Waals surface area contributed by atoms with Gasteiger partial charge >= 0.3 is 0 Å². The molecule has 0 amide bonds. The monoisotopic (exact) mass is 422 g/mol. The van der Waals surface area contributed by atoms with Crippen molar-refractivity contribution < 1.29 is 0 Å². The van der Waals surface area contributed by atoms with Crippen LogP contribution >= 0.6 is 12.6 Å². The topological polar surface area (TPSA) is 0 Å². The molecule has 2 aliphatic carbocycles. The van der Waals surface area contributed by atoms with Gasteiger partial charge in [-0.05, 0) is 79.7 Å². The van der Waals surface area contributed by atoms with Crippen molar-refractivity contribution in [3.63, 3.8) is 0 Å². The molecule has 0 fully saturated rings. The average Bonchev–Trinajstić information content (AvgIpc) is 2.65. The largest absolute Gasteiger partial charge is 0.143 e. The lowest BCUT2D eigenvalue weighted by Crippen LogP contribution is -2.33. The maximum absolute atomic E-state index is 4.76. The fourth-order valence-corrected chi connectivity index (χ4v) is 5.20. The van der Waals surface area contributed by atoms with Crippen molar-refractivity contribution in [2.45, 2.75) is 91.4 Å². The first kappa shape index (κ1) is 24.8. The normalized spacial score (nSPS) is 20.2. The van der Waals surface area contributed by atoms with Crippen LogP contribution in [0.4, 0.5) is 0 Å². The molecule has 0 aromatic heterocycles. The molecule has 1 atom stereocenters. The van der Waals surface area contributed by atoms with Gasteiger partial charge < -0.3 is 0 Å². The van der Waals surface area contributed by atoms with Gasteiger partial charge in [-0.25, -0.2) is 0 Å². The maximum Gasteiger partial charge on any atom is 0.0151 e. The van der Waals surface area contributed by atoms with E-state index in [1.165, 1.54) is 28.7 Å². The second-order valence-electron chi connectivity index (χ2n) is 9.89. The van der Waals surface area contributed by atoms with E-state index in [0.29, 0.717) is 5.92 Å². The Bertz CT molecular complexity index is 856. The van der Waals surface area contributed by atoms with E-state index >= 15 is 0 Å². The predicted octanol–water partition coefficient (Wildman–Crippen LogP) is 9.12. The van der Waals surface area contributed by atoms with E-state index in [1.807, 2.05) is 0 Å². The van der Waals surface area contributed by atoms with E-state index in [1.54, 1.807) is 11.1 Å². The van der Waals surface area contributed by atoms with Crippen molar-refractivity contribution in [2.24, 2.45) is 11.8 Å². The molecule has 0 spiro atoms. The SMILES string of the molecule is C/C=C\c1c(S)ccc2c1CC1=C(C(C)=CCC1CC=CCC)C2(C)C.CC(C)C. The van der Waals surface area contributed by atoms with Gasteiger partial charge in [0.1, 0.15) is 0 Å². The number of thiol groups is 1. The molecular formula is C29H42S. The van der Waals surface area contributed by atoms with Crippen LogP contribution in [0.3, 0.4) is 0 Å². The average molecular weight is 423 g/mol. The summed E-state index contributed by atoms with van der Waals surface area (Å²) in [5, 5.41) is 0. The van der Waals surface area contributed by atoms with Crippen molar-refractivity contribution in [3.05, 3.63) is 69.8 Å². The van der Waals surface area contributed by atoms with Gasteiger partial charge in [-0.1, -0.05) is 89.1 Å². The molecule has 1 aromatic rings. The Morgan fingerprint density at radius 3 is 2.43 bits per heavy atom. The minimum absolute atomic E-state index is 0.0500. The standard InChI is InChI=1S/C25H32S.C4H10/c1-6-8-9-11-18-13-12-17(3)24-20(18)16-21-19(10-7-2)23(26)15-14-22(21)25(24,4)5;1-4(2)3/h7-10,12,14-15,18,26H,6,11,13,16H2,1-5H3;4H,1-3H3/b9-8?,10-7-;. The summed E-state index contributed by atoms with van der Waals surface area (Å²) >= 11 is 4.76. The van der Waals surface area contributed by atoms with Crippen LogP contribution in [0.15, 0.2) is 58.1 Å². The number of benzene rings is 1. The lowest BCUT2D eigenvalue weighted by molar-refractivity contribution is 0.521. The molecule has 0 heterocycles. The third-order valence-electron chi connectivity index (χ3n) is 6.07. The molecule has 0 aliphatic heterocycles. The highest BCUT2D eigenvalue weighted by Crippen LogP contribution is 2.50. The number of hydrogen-bond donors (Lipinski definition) is 1. The highest BCUT2D eigenvalue weighted by molar-refractivity contribution is 7.80. The second kappa shape index (κ2) is 10.7. The fourth-order valence-electron chi connectivity index (χ4n) is 4.92. The van der Waals surface area contributed by atoms with Gasteiger partial charge in [-0.15, -0.1) is 12.6 Å². The molecule has 0 radical (unpaired) electrons. The molecule has 0 nitrogen and oxygen atoms in total. The molecular weight excluding hydrogens is 380 g/mol. The van der Waals surface area contributed by atoms with Crippen LogP contribution in [0, 0.1) is 11.8 Å². The Balaban J connectivity index is 0.000000735. The molecule has 0 bridgehead atoms. The van der Waals surface area contributed by atoms with Crippen molar-refractivity contribution in [1.82, 2.24) is 0 Å². The highest BCUT2D eigenvalue weighted by Gasteiger charge is 2.39. The van der Waals surface area contributed by atoms with E-state index in [4.69, 9.17) is 12.6 Å². The minimum atomic E-state index is 0.0500. The minimum Gasteiger partial charge on any atom is -0.143 e. The van der Waals surface area contributed by atoms with Crippen LogP contribution in [0.25, 0.3) is 6.08 Å². The Hall–Kier alpha value is -1.47. The molecule has 2 aliphatic rings. The number of hydrogen-bond acceptors (Lipinski definition) is 1. The van der Waals surface area contributed by atoms with Gasteiger partial charge in [0.05, 0.1) is 0 Å². The molecule has 0 saturated heterocycles. The summed E-state index contributed by atoms with van der Waals surface area (Å²) in [6, 6.07) is 4.48. The van der Waals surface area contributed by atoms with Gasteiger partial charge in [0.25, 0.3) is 0 Å². The van der Waals surface area contributed by atoms with Crippen molar-refractivity contribution in [3.8, 4) is 0 Å². The summed E-state index contributed by atoms with van der Waals surface area (Å²) in [5.41, 5.74) is 9.04. The van der Waals surface area contributed by atoms with Crippen molar-refractivity contribution in [2.75, 3.05) is 0 Å². The highest BCUT2D eigenvalue weighted by atomic mass is 32.1. The number of rotatable bonds is 4. The number of allylic oxidation sites excluding steroid dienone is 7. The lowest BCUT2D eigenvalue weighted by Gasteiger charge is -2.43. The molecule has 3 rings (SSSR count). The second-order valence-corrected chi connectivity index (χ2v) is 10.4. The molecule has 1 heteroatoms. The van der Waals surface area contributed by atoms with Crippen LogP contribution in [-0.4, -0.2) is 0 Å². The zero-order valence-electron chi connectivity index (χ0n) is 20.5. The summed E-state index contributed by atoms with van der Waals surface area (Å²) < 4.78 is 0. The van der Waals surface area contributed by atoms with Gasteiger partial charge in [0.2, 0.25) is 0 Å². The van der Waals surface area contributed by atoms with E-state index in [9.17, 15) is 0 Å². The van der Waals surface area contributed by atoms with E-state index < -0.39 is 0 Å². The van der Waals surface area contributed by atoms with E-state index in [2.05, 4.69) is 97.9 Å². The Morgan fingerprint density at radius 2 is 1.83 bits per heavy atom. The van der Waals surface area contributed by atoms with Crippen LogP contribution in [0.2, 0.25) is 0 Å². The van der Waals surface area contributed by atoms with Crippen LogP contribution in [0.5, 0.6) is 0 Å². The predicted molar refractivity (Wildman–Crippen MR) is 139 cm³/mol. The summed E-state index contributed by atoms with van der Waals surface area (Å²) in [6.45, 7) is 17.9. The van der Waals surface area contributed by atoms with Crippen molar-refractivity contribution in [1.29, 1.82) is 0 Å². The maximum atomic E-state index is 4.76. The van der Waals surface area contributed by atoms with E-state index in [-0.39, 0.29) is 5.41 Å². The van der Waals surface area contributed by atoms with Gasteiger partial charge in [0, 0.05) is 10.3 Å². The lowest BCUT2D eigenvalue weighted by atomic mass is 9.61. The van der Waals surface area contributed by atoms with Crippen LogP contribution < -0.4 is 0 Å². The molecule has 1 unspecified atom stereocenters. The first-order chi connectivity index (χ1) is 14.1. The van der Waals surface area contributed by atoms with E-state index in [0.717, 1.165) is 30.1 Å². The van der Waals surface area contributed by atoms with Crippen LogP contribution in [-0.2, 0) is 11.8 Å². The molecule has 0 N–H and O–H groups in total. The first-order valence-corrected chi connectivity index (χ1v) is 12.1. The Kier molecular flexibility index (Phi) is 8.85. The summed E-state index contributed by atoms with van der Waals surface area (Å²) in [7, 11) is 0. The zero-order valence-corrected chi connectivity index (χ0v) is 21.4. The molecule has 0 saturated carbocycles. The van der Waals surface area contributed by atoms with Gasteiger partial charge in [0.15, 0.2) is 0 Å². The summed E-state index contributed by atoms with van der Waals surface area (Å²) in [4.78, 5) is 1.09. The molecule has 164 valence electrons. The smallest absolute Gasteiger partial charge is 0.0151 e. The first-order valence-electron chi connectivity index (χ1n) is 11.7. The van der Waals surface area contributed by atoms with Gasteiger partial charge in [-0.2, -0.15) is 0 Å². The Morgan fingerprint density at radius 1 is 1.17 bits per heavy atom.